The van der Waals surface area contributed by atoms with Crippen LogP contribution in [0.15, 0.2) is 48.7 Å². The van der Waals surface area contributed by atoms with Crippen LogP contribution >= 0.6 is 0 Å². The van der Waals surface area contributed by atoms with E-state index in [0.29, 0.717) is 18.0 Å². The summed E-state index contributed by atoms with van der Waals surface area (Å²) in [5, 5.41) is 9.01. The van der Waals surface area contributed by atoms with Crippen molar-refractivity contribution >= 4 is 11.7 Å². The maximum atomic E-state index is 12.7. The van der Waals surface area contributed by atoms with E-state index in [1.54, 1.807) is 6.20 Å². The van der Waals surface area contributed by atoms with Crippen molar-refractivity contribution in [3.8, 4) is 0 Å². The van der Waals surface area contributed by atoms with E-state index in [0.717, 1.165) is 38.2 Å². The summed E-state index contributed by atoms with van der Waals surface area (Å²) in [6, 6.07) is 14.3. The fourth-order valence-electron chi connectivity index (χ4n) is 3.63. The van der Waals surface area contributed by atoms with Gasteiger partial charge in [0.2, 0.25) is 0 Å². The minimum atomic E-state index is 0.0698. The monoisotopic (exact) mass is 367 g/mol. The van der Waals surface area contributed by atoms with Gasteiger partial charge in [0.1, 0.15) is 5.82 Å². The van der Waals surface area contributed by atoms with E-state index in [4.69, 9.17) is 5.11 Å². The summed E-state index contributed by atoms with van der Waals surface area (Å²) in [5.41, 5.74) is 2.03. The lowest BCUT2D eigenvalue weighted by Gasteiger charge is -2.32. The molecule has 0 radical (unpaired) electrons. The molecule has 0 unspecified atom stereocenters. The molecule has 5 nitrogen and oxygen atoms in total. The van der Waals surface area contributed by atoms with Crippen molar-refractivity contribution in [2.45, 2.75) is 25.7 Å². The zero-order chi connectivity index (χ0) is 19.1. The van der Waals surface area contributed by atoms with Crippen LogP contribution in [-0.2, 0) is 6.42 Å². The number of aryl methyl sites for hydroxylation is 1. The molecule has 3 rings (SSSR count). The number of rotatable bonds is 7. The fourth-order valence-corrected chi connectivity index (χ4v) is 3.63. The molecule has 27 heavy (non-hydrogen) atoms. The second-order valence-corrected chi connectivity index (χ2v) is 7.31. The number of pyridine rings is 1. The molecule has 1 aliphatic heterocycles. The smallest absolute Gasteiger partial charge is 0.255 e. The molecule has 1 aliphatic rings. The average Bonchev–Trinajstić information content (AvgIpc) is 2.73. The predicted molar refractivity (Wildman–Crippen MR) is 108 cm³/mol. The first kappa shape index (κ1) is 19.4. The van der Waals surface area contributed by atoms with Crippen molar-refractivity contribution in [3.63, 3.8) is 0 Å². The maximum Gasteiger partial charge on any atom is 0.255 e. The largest absolute Gasteiger partial charge is 0.395 e. The predicted octanol–water partition coefficient (Wildman–Crippen LogP) is 3.00. The molecule has 2 aromatic rings. The Kier molecular flexibility index (Phi) is 6.82. The van der Waals surface area contributed by atoms with E-state index in [1.807, 2.05) is 29.0 Å². The molecule has 0 atom stereocenters. The molecule has 0 aliphatic carbocycles. The lowest BCUT2D eigenvalue weighted by atomic mass is 9.90. The van der Waals surface area contributed by atoms with Crippen molar-refractivity contribution in [3.05, 3.63) is 59.8 Å². The minimum absolute atomic E-state index is 0.0698. The highest BCUT2D eigenvalue weighted by molar-refractivity contribution is 5.94. The summed E-state index contributed by atoms with van der Waals surface area (Å²) in [7, 11) is 1.88. The van der Waals surface area contributed by atoms with E-state index in [-0.39, 0.29) is 12.5 Å². The number of aliphatic hydroxyl groups is 1. The van der Waals surface area contributed by atoms with E-state index in [9.17, 15) is 4.79 Å². The number of likely N-dealkylation sites (tertiary alicyclic amines) is 1. The van der Waals surface area contributed by atoms with Gasteiger partial charge < -0.3 is 14.9 Å². The number of hydrogen-bond acceptors (Lipinski definition) is 4. The van der Waals surface area contributed by atoms with Gasteiger partial charge in [0, 0.05) is 32.9 Å². The Morgan fingerprint density at radius 3 is 2.56 bits per heavy atom. The first-order valence-electron chi connectivity index (χ1n) is 9.78. The molecule has 1 N–H and O–H groups in total. The molecule has 0 spiro atoms. The van der Waals surface area contributed by atoms with Crippen LogP contribution in [0.1, 0.15) is 35.2 Å². The Labute approximate surface area is 161 Å². The lowest BCUT2D eigenvalue weighted by molar-refractivity contribution is 0.0686. The number of carbonyl (C=O) groups excluding carboxylic acids is 1. The number of hydrogen-bond donors (Lipinski definition) is 1. The fraction of sp³-hybridized carbons (Fsp3) is 0.455. The van der Waals surface area contributed by atoms with Crippen molar-refractivity contribution in [2.75, 3.05) is 38.2 Å². The zero-order valence-electron chi connectivity index (χ0n) is 16.1. The van der Waals surface area contributed by atoms with Gasteiger partial charge in [0.05, 0.1) is 12.2 Å². The number of benzene rings is 1. The van der Waals surface area contributed by atoms with Crippen molar-refractivity contribution < 1.29 is 9.90 Å². The standard InChI is InChI=1S/C22H29N3O2/c1-24(15-16-26)21-10-9-20(17-23-21)22(27)25-13-11-19(12-14-25)8-7-18-5-3-2-4-6-18/h2-6,9-10,17,19,26H,7-8,11-16H2,1H3. The second-order valence-electron chi connectivity index (χ2n) is 7.31. The van der Waals surface area contributed by atoms with Gasteiger partial charge in [-0.3, -0.25) is 4.79 Å². The van der Waals surface area contributed by atoms with Crippen molar-refractivity contribution in [1.29, 1.82) is 0 Å². The van der Waals surface area contributed by atoms with Crippen LogP contribution in [0.5, 0.6) is 0 Å². The van der Waals surface area contributed by atoms with E-state index in [1.165, 1.54) is 12.0 Å². The van der Waals surface area contributed by atoms with Gasteiger partial charge in [0.15, 0.2) is 0 Å². The highest BCUT2D eigenvalue weighted by atomic mass is 16.3. The van der Waals surface area contributed by atoms with Gasteiger partial charge in [-0.05, 0) is 49.3 Å². The Morgan fingerprint density at radius 2 is 1.93 bits per heavy atom. The number of aromatic nitrogens is 1. The van der Waals surface area contributed by atoms with Gasteiger partial charge in [0.25, 0.3) is 5.91 Å². The Balaban J connectivity index is 1.48. The number of likely N-dealkylation sites (N-methyl/N-ethyl adjacent to an activating group) is 1. The molecule has 1 saturated heterocycles. The quantitative estimate of drug-likeness (QED) is 0.817. The van der Waals surface area contributed by atoms with Gasteiger partial charge in [-0.1, -0.05) is 30.3 Å². The number of amides is 1. The van der Waals surface area contributed by atoms with Crippen LogP contribution in [0.4, 0.5) is 5.82 Å². The lowest BCUT2D eigenvalue weighted by Crippen LogP contribution is -2.38. The molecule has 1 aromatic heterocycles. The summed E-state index contributed by atoms with van der Waals surface area (Å²) >= 11 is 0. The molecular formula is C22H29N3O2. The molecule has 1 aromatic carbocycles. The third-order valence-corrected chi connectivity index (χ3v) is 5.41. The third-order valence-electron chi connectivity index (χ3n) is 5.41. The summed E-state index contributed by atoms with van der Waals surface area (Å²) in [4.78, 5) is 20.9. The number of piperidine rings is 1. The summed E-state index contributed by atoms with van der Waals surface area (Å²) in [6.45, 7) is 2.25. The van der Waals surface area contributed by atoms with Crippen molar-refractivity contribution in [1.82, 2.24) is 9.88 Å². The summed E-state index contributed by atoms with van der Waals surface area (Å²) in [6.07, 6.45) is 6.10. The topological polar surface area (TPSA) is 56.7 Å². The number of aliphatic hydroxyl groups excluding tert-OH is 1. The molecule has 0 bridgehead atoms. The molecule has 5 heteroatoms. The third kappa shape index (κ3) is 5.30. The van der Waals surface area contributed by atoms with Gasteiger partial charge >= 0.3 is 0 Å². The first-order valence-corrected chi connectivity index (χ1v) is 9.78. The number of carbonyl (C=O) groups is 1. The molecule has 1 fully saturated rings. The molecular weight excluding hydrogens is 338 g/mol. The maximum absolute atomic E-state index is 12.7. The molecule has 144 valence electrons. The Bertz CT molecular complexity index is 710. The van der Waals surface area contributed by atoms with Crippen LogP contribution < -0.4 is 4.90 Å². The van der Waals surface area contributed by atoms with E-state index < -0.39 is 0 Å². The SMILES string of the molecule is CN(CCO)c1ccc(C(=O)N2CCC(CCc3ccccc3)CC2)cn1. The normalized spacial score (nSPS) is 15.0. The summed E-state index contributed by atoms with van der Waals surface area (Å²) < 4.78 is 0. The van der Waals surface area contributed by atoms with Crippen molar-refractivity contribution in [2.24, 2.45) is 5.92 Å². The van der Waals surface area contributed by atoms with Crippen LogP contribution in [0.3, 0.4) is 0 Å². The van der Waals surface area contributed by atoms with Gasteiger partial charge in [-0.25, -0.2) is 4.98 Å². The van der Waals surface area contributed by atoms with Crippen LogP contribution in [-0.4, -0.2) is 54.2 Å². The first-order chi connectivity index (χ1) is 13.2. The van der Waals surface area contributed by atoms with Gasteiger partial charge in [-0.15, -0.1) is 0 Å². The molecule has 2 heterocycles. The van der Waals surface area contributed by atoms with Crippen LogP contribution in [0.2, 0.25) is 0 Å². The highest BCUT2D eigenvalue weighted by Gasteiger charge is 2.23. The van der Waals surface area contributed by atoms with E-state index >= 15 is 0 Å². The minimum Gasteiger partial charge on any atom is -0.395 e. The Hall–Kier alpha value is -2.40. The van der Waals surface area contributed by atoms with Crippen LogP contribution in [0.25, 0.3) is 0 Å². The molecule has 1 amide bonds. The number of anilines is 1. The van der Waals surface area contributed by atoms with Crippen LogP contribution in [0, 0.1) is 5.92 Å². The molecule has 0 saturated carbocycles. The average molecular weight is 367 g/mol. The van der Waals surface area contributed by atoms with Gasteiger partial charge in [-0.2, -0.15) is 0 Å². The highest BCUT2D eigenvalue weighted by Crippen LogP contribution is 2.23. The van der Waals surface area contributed by atoms with E-state index in [2.05, 4.69) is 35.3 Å². The Morgan fingerprint density at radius 1 is 1.19 bits per heavy atom. The second kappa shape index (κ2) is 9.51. The summed E-state index contributed by atoms with van der Waals surface area (Å²) in [5.74, 6) is 1.53. The zero-order valence-corrected chi connectivity index (χ0v) is 16.1. The number of nitrogens with zero attached hydrogens (tertiary/aromatic N) is 3.